The Balaban J connectivity index is 1.54. The summed E-state index contributed by atoms with van der Waals surface area (Å²) in [6.07, 6.45) is 2.38. The van der Waals surface area contributed by atoms with Crippen LogP contribution in [-0.4, -0.2) is 44.8 Å². The van der Waals surface area contributed by atoms with Crippen LogP contribution in [0.2, 0.25) is 0 Å². The number of carboxylic acids is 1. The zero-order valence-corrected chi connectivity index (χ0v) is 16.3. The van der Waals surface area contributed by atoms with E-state index in [1.54, 1.807) is 15.8 Å². The molecule has 0 atom stereocenters. The summed E-state index contributed by atoms with van der Waals surface area (Å²) in [6, 6.07) is 19.0. The van der Waals surface area contributed by atoms with Crippen LogP contribution in [-0.2, 0) is 10.2 Å². The Hall–Kier alpha value is -3.41. The average molecular weight is 389 g/mol. The molecule has 0 spiro atoms. The highest BCUT2D eigenvalue weighted by Gasteiger charge is 2.44. The van der Waals surface area contributed by atoms with Crippen molar-refractivity contribution in [1.82, 2.24) is 14.7 Å². The van der Waals surface area contributed by atoms with Crippen molar-refractivity contribution in [1.29, 1.82) is 0 Å². The number of para-hydroxylation sites is 1. The van der Waals surface area contributed by atoms with Crippen molar-refractivity contribution in [2.24, 2.45) is 0 Å². The van der Waals surface area contributed by atoms with Crippen molar-refractivity contribution in [3.8, 4) is 5.69 Å². The van der Waals surface area contributed by atoms with Crippen LogP contribution in [0.25, 0.3) is 5.69 Å². The summed E-state index contributed by atoms with van der Waals surface area (Å²) in [4.78, 5) is 27.0. The summed E-state index contributed by atoms with van der Waals surface area (Å²) < 4.78 is 1.75. The first-order valence-corrected chi connectivity index (χ1v) is 9.71. The SMILES string of the molecule is Cc1c(C(=O)N2CCC(C(=O)O)(c3ccccc3)CC2)cnn1-c1ccccc1. The van der Waals surface area contributed by atoms with Gasteiger partial charge in [-0.2, -0.15) is 5.10 Å². The number of amides is 1. The number of hydrogen-bond donors (Lipinski definition) is 1. The highest BCUT2D eigenvalue weighted by atomic mass is 16.4. The minimum absolute atomic E-state index is 0.100. The van der Waals surface area contributed by atoms with Crippen LogP contribution in [0, 0.1) is 6.92 Å². The molecule has 4 rings (SSSR count). The monoisotopic (exact) mass is 389 g/mol. The lowest BCUT2D eigenvalue weighted by Gasteiger charge is -2.39. The number of benzene rings is 2. The molecule has 1 fully saturated rings. The third kappa shape index (κ3) is 3.31. The molecular weight excluding hydrogens is 366 g/mol. The molecule has 1 aliphatic heterocycles. The third-order valence-corrected chi connectivity index (χ3v) is 5.88. The fourth-order valence-electron chi connectivity index (χ4n) is 4.09. The molecule has 2 heterocycles. The van der Waals surface area contributed by atoms with Gasteiger partial charge in [0.05, 0.1) is 28.6 Å². The van der Waals surface area contributed by atoms with Gasteiger partial charge in [0, 0.05) is 13.1 Å². The maximum atomic E-state index is 13.1. The van der Waals surface area contributed by atoms with Gasteiger partial charge in [-0.1, -0.05) is 48.5 Å². The molecule has 6 heteroatoms. The van der Waals surface area contributed by atoms with Crippen molar-refractivity contribution >= 4 is 11.9 Å². The van der Waals surface area contributed by atoms with Gasteiger partial charge in [-0.3, -0.25) is 9.59 Å². The molecule has 29 heavy (non-hydrogen) atoms. The van der Waals surface area contributed by atoms with E-state index in [1.165, 1.54) is 0 Å². The second kappa shape index (κ2) is 7.54. The molecule has 6 nitrogen and oxygen atoms in total. The van der Waals surface area contributed by atoms with E-state index in [0.29, 0.717) is 31.5 Å². The van der Waals surface area contributed by atoms with Crippen molar-refractivity contribution < 1.29 is 14.7 Å². The molecule has 1 amide bonds. The quantitative estimate of drug-likeness (QED) is 0.742. The van der Waals surface area contributed by atoms with E-state index >= 15 is 0 Å². The molecule has 1 aromatic heterocycles. The third-order valence-electron chi connectivity index (χ3n) is 5.88. The maximum absolute atomic E-state index is 13.1. The number of piperidine rings is 1. The number of carbonyl (C=O) groups is 2. The molecule has 0 unspecified atom stereocenters. The van der Waals surface area contributed by atoms with Crippen LogP contribution < -0.4 is 0 Å². The lowest BCUT2D eigenvalue weighted by Crippen LogP contribution is -2.49. The topological polar surface area (TPSA) is 75.4 Å². The number of aliphatic carboxylic acids is 1. The molecule has 3 aromatic rings. The van der Waals surface area contributed by atoms with E-state index < -0.39 is 11.4 Å². The molecule has 0 saturated carbocycles. The second-order valence-electron chi connectivity index (χ2n) is 7.44. The van der Waals surface area contributed by atoms with Crippen LogP contribution in [0.1, 0.15) is 34.5 Å². The highest BCUT2D eigenvalue weighted by molar-refractivity contribution is 5.95. The molecule has 0 radical (unpaired) electrons. The Bertz CT molecular complexity index is 1020. The summed E-state index contributed by atoms with van der Waals surface area (Å²) in [6.45, 7) is 2.68. The van der Waals surface area contributed by atoms with Crippen LogP contribution in [0.4, 0.5) is 0 Å². The molecule has 0 bridgehead atoms. The van der Waals surface area contributed by atoms with Crippen LogP contribution in [0.5, 0.6) is 0 Å². The standard InChI is InChI=1S/C23H23N3O3/c1-17-20(16-24-26(17)19-10-6-3-7-11-19)21(27)25-14-12-23(13-15-25,22(28)29)18-8-4-2-5-9-18/h2-11,16H,12-15H2,1H3,(H,28,29). The van der Waals surface area contributed by atoms with Gasteiger partial charge >= 0.3 is 5.97 Å². The predicted molar refractivity (Wildman–Crippen MR) is 109 cm³/mol. The number of carbonyl (C=O) groups excluding carboxylic acids is 1. The van der Waals surface area contributed by atoms with E-state index in [9.17, 15) is 14.7 Å². The number of aromatic nitrogens is 2. The fourth-order valence-corrected chi connectivity index (χ4v) is 4.09. The average Bonchev–Trinajstić information content (AvgIpc) is 3.15. The van der Waals surface area contributed by atoms with Gasteiger partial charge in [-0.15, -0.1) is 0 Å². The number of nitrogens with zero attached hydrogens (tertiary/aromatic N) is 3. The van der Waals surface area contributed by atoms with Gasteiger partial charge in [-0.25, -0.2) is 4.68 Å². The smallest absolute Gasteiger partial charge is 0.314 e. The Kier molecular flexibility index (Phi) is 4.92. The van der Waals surface area contributed by atoms with Gasteiger partial charge < -0.3 is 10.0 Å². The largest absolute Gasteiger partial charge is 0.481 e. The highest BCUT2D eigenvalue weighted by Crippen LogP contribution is 2.36. The van der Waals surface area contributed by atoms with E-state index in [2.05, 4.69) is 5.10 Å². The number of rotatable bonds is 4. The Labute approximate surface area is 169 Å². The molecule has 1 N–H and O–H groups in total. The lowest BCUT2D eigenvalue weighted by atomic mass is 9.73. The lowest BCUT2D eigenvalue weighted by molar-refractivity contribution is -0.145. The van der Waals surface area contributed by atoms with Crippen LogP contribution in [0.3, 0.4) is 0 Å². The van der Waals surface area contributed by atoms with Crippen molar-refractivity contribution in [3.63, 3.8) is 0 Å². The summed E-state index contributed by atoms with van der Waals surface area (Å²) in [7, 11) is 0. The molecule has 148 valence electrons. The fraction of sp³-hybridized carbons (Fsp3) is 0.261. The van der Waals surface area contributed by atoms with E-state index in [1.807, 2.05) is 67.6 Å². The molecule has 2 aromatic carbocycles. The van der Waals surface area contributed by atoms with Crippen molar-refractivity contribution in [3.05, 3.63) is 83.7 Å². The van der Waals surface area contributed by atoms with Crippen molar-refractivity contribution in [2.45, 2.75) is 25.2 Å². The van der Waals surface area contributed by atoms with Crippen molar-refractivity contribution in [2.75, 3.05) is 13.1 Å². The Morgan fingerprint density at radius 2 is 1.55 bits per heavy atom. The first-order valence-electron chi connectivity index (χ1n) is 9.71. The predicted octanol–water partition coefficient (Wildman–Crippen LogP) is 3.44. The maximum Gasteiger partial charge on any atom is 0.314 e. The van der Waals surface area contributed by atoms with E-state index in [0.717, 1.165) is 16.9 Å². The molecule has 1 aliphatic rings. The zero-order chi connectivity index (χ0) is 20.4. The number of carboxylic acid groups (broad SMARTS) is 1. The summed E-state index contributed by atoms with van der Waals surface area (Å²) in [5, 5.41) is 14.3. The number of likely N-dealkylation sites (tertiary alicyclic amines) is 1. The van der Waals surface area contributed by atoms with Gasteiger partial charge in [0.2, 0.25) is 0 Å². The molecular formula is C23H23N3O3. The zero-order valence-electron chi connectivity index (χ0n) is 16.3. The molecule has 0 aliphatic carbocycles. The summed E-state index contributed by atoms with van der Waals surface area (Å²) >= 11 is 0. The van der Waals surface area contributed by atoms with Gasteiger partial charge in [0.1, 0.15) is 0 Å². The minimum atomic E-state index is -0.943. The van der Waals surface area contributed by atoms with E-state index in [-0.39, 0.29) is 5.91 Å². The second-order valence-corrected chi connectivity index (χ2v) is 7.44. The Morgan fingerprint density at radius 3 is 2.14 bits per heavy atom. The van der Waals surface area contributed by atoms with Gasteiger partial charge in [0.15, 0.2) is 0 Å². The normalized spacial score (nSPS) is 15.8. The van der Waals surface area contributed by atoms with Gasteiger partial charge in [0.25, 0.3) is 5.91 Å². The first kappa shape index (κ1) is 18.9. The molecule has 1 saturated heterocycles. The number of hydrogen-bond acceptors (Lipinski definition) is 3. The summed E-state index contributed by atoms with van der Waals surface area (Å²) in [5.41, 5.74) is 2.08. The van der Waals surface area contributed by atoms with Crippen LogP contribution in [0.15, 0.2) is 66.9 Å². The first-order chi connectivity index (χ1) is 14.0. The van der Waals surface area contributed by atoms with Crippen LogP contribution >= 0.6 is 0 Å². The minimum Gasteiger partial charge on any atom is -0.481 e. The Morgan fingerprint density at radius 1 is 0.966 bits per heavy atom. The van der Waals surface area contributed by atoms with E-state index in [4.69, 9.17) is 0 Å². The van der Waals surface area contributed by atoms with Gasteiger partial charge in [-0.05, 0) is 37.5 Å². The summed E-state index contributed by atoms with van der Waals surface area (Å²) in [5.74, 6) is -0.930.